The quantitative estimate of drug-likeness (QED) is 0.947. The van der Waals surface area contributed by atoms with E-state index in [2.05, 4.69) is 42.2 Å². The van der Waals surface area contributed by atoms with Gasteiger partial charge in [0.1, 0.15) is 5.82 Å². The molecule has 0 aliphatic rings. The van der Waals surface area contributed by atoms with E-state index >= 15 is 0 Å². The Balaban J connectivity index is 2.19. The number of hydrogen-bond acceptors (Lipinski definition) is 5. The van der Waals surface area contributed by atoms with E-state index in [1.165, 1.54) is 4.88 Å². The van der Waals surface area contributed by atoms with E-state index in [0.29, 0.717) is 5.95 Å². The van der Waals surface area contributed by atoms with Crippen LogP contribution in [0.4, 0.5) is 11.8 Å². The number of rotatable bonds is 3. The predicted octanol–water partition coefficient (Wildman–Crippen LogP) is 2.83. The number of aryl methyl sites for hydroxylation is 1. The summed E-state index contributed by atoms with van der Waals surface area (Å²) >= 11 is 5.17. The van der Waals surface area contributed by atoms with Gasteiger partial charge in [0.15, 0.2) is 0 Å². The number of nitrogens with two attached hydrogens (primary N) is 1. The fourth-order valence-electron chi connectivity index (χ4n) is 1.58. The Kier molecular flexibility index (Phi) is 3.63. The van der Waals surface area contributed by atoms with E-state index in [1.54, 1.807) is 17.5 Å². The Morgan fingerprint density at radius 2 is 2.29 bits per heavy atom. The normalized spacial score (nSPS) is 10.5. The molecule has 2 heterocycles. The van der Waals surface area contributed by atoms with Crippen LogP contribution in [0, 0.1) is 6.92 Å². The Hall–Kier alpha value is -1.14. The lowest BCUT2D eigenvalue weighted by Crippen LogP contribution is -2.19. The summed E-state index contributed by atoms with van der Waals surface area (Å²) in [5, 5.41) is 2.07. The third kappa shape index (κ3) is 2.95. The Morgan fingerprint density at radius 3 is 2.94 bits per heavy atom. The van der Waals surface area contributed by atoms with Crippen LogP contribution < -0.4 is 10.6 Å². The van der Waals surface area contributed by atoms with Gasteiger partial charge in [0.25, 0.3) is 0 Å². The van der Waals surface area contributed by atoms with Crippen molar-refractivity contribution in [2.45, 2.75) is 13.5 Å². The molecule has 6 heteroatoms. The van der Waals surface area contributed by atoms with E-state index in [0.717, 1.165) is 22.4 Å². The largest absolute Gasteiger partial charge is 0.368 e. The minimum atomic E-state index is 0.310. The summed E-state index contributed by atoms with van der Waals surface area (Å²) in [6.07, 6.45) is 1.75. The summed E-state index contributed by atoms with van der Waals surface area (Å²) in [6, 6.07) is 2.11. The molecular formula is C11H13BrN4S. The van der Waals surface area contributed by atoms with E-state index in [4.69, 9.17) is 5.73 Å². The van der Waals surface area contributed by atoms with Crippen LogP contribution >= 0.6 is 27.3 Å². The summed E-state index contributed by atoms with van der Waals surface area (Å²) < 4.78 is 1.12. The van der Waals surface area contributed by atoms with Crippen LogP contribution in [0.15, 0.2) is 22.1 Å². The Labute approximate surface area is 113 Å². The second-order valence-corrected chi connectivity index (χ2v) is 5.73. The molecule has 4 nitrogen and oxygen atoms in total. The molecule has 0 aromatic carbocycles. The highest BCUT2D eigenvalue weighted by molar-refractivity contribution is 9.10. The Bertz CT molecular complexity index is 526. The first kappa shape index (κ1) is 12.3. The van der Waals surface area contributed by atoms with Gasteiger partial charge >= 0.3 is 0 Å². The van der Waals surface area contributed by atoms with Gasteiger partial charge in [-0.2, -0.15) is 4.98 Å². The second kappa shape index (κ2) is 5.01. The average molecular weight is 313 g/mol. The van der Waals surface area contributed by atoms with E-state index in [-0.39, 0.29) is 0 Å². The van der Waals surface area contributed by atoms with Crippen molar-refractivity contribution in [1.29, 1.82) is 0 Å². The van der Waals surface area contributed by atoms with Crippen molar-refractivity contribution >= 4 is 39.0 Å². The highest BCUT2D eigenvalue weighted by atomic mass is 79.9. The van der Waals surface area contributed by atoms with Crippen LogP contribution in [-0.4, -0.2) is 17.0 Å². The number of thiophene rings is 1. The zero-order valence-corrected chi connectivity index (χ0v) is 12.0. The van der Waals surface area contributed by atoms with E-state index < -0.39 is 0 Å². The molecule has 17 heavy (non-hydrogen) atoms. The second-order valence-electron chi connectivity index (χ2n) is 3.82. The average Bonchev–Trinajstić information content (AvgIpc) is 2.67. The lowest BCUT2D eigenvalue weighted by Gasteiger charge is -2.19. The minimum Gasteiger partial charge on any atom is -0.368 e. The first-order valence-electron chi connectivity index (χ1n) is 5.09. The van der Waals surface area contributed by atoms with E-state index in [1.807, 2.05) is 14.0 Å². The predicted molar refractivity (Wildman–Crippen MR) is 75.3 cm³/mol. The maximum absolute atomic E-state index is 5.61. The summed E-state index contributed by atoms with van der Waals surface area (Å²) in [5.41, 5.74) is 6.63. The number of anilines is 2. The number of halogens is 1. The molecule has 0 fully saturated rings. The molecule has 2 N–H and O–H groups in total. The lowest BCUT2D eigenvalue weighted by atomic mass is 10.3. The van der Waals surface area contributed by atoms with Crippen molar-refractivity contribution in [3.8, 4) is 0 Å². The van der Waals surface area contributed by atoms with Crippen molar-refractivity contribution < 1.29 is 0 Å². The highest BCUT2D eigenvalue weighted by Gasteiger charge is 2.09. The smallest absolute Gasteiger partial charge is 0.221 e. The molecule has 0 amide bonds. The van der Waals surface area contributed by atoms with Gasteiger partial charge in [-0.05, 0) is 28.9 Å². The summed E-state index contributed by atoms with van der Waals surface area (Å²) in [6.45, 7) is 2.79. The lowest BCUT2D eigenvalue weighted by molar-refractivity contribution is 0.898. The molecule has 0 saturated heterocycles. The topological polar surface area (TPSA) is 55.0 Å². The molecular weight excluding hydrogens is 300 g/mol. The SMILES string of the molecule is Cc1cnc(N)nc1N(C)Cc1cc(Br)cs1. The molecule has 0 bridgehead atoms. The number of nitrogens with zero attached hydrogens (tertiary/aromatic N) is 3. The monoisotopic (exact) mass is 312 g/mol. The van der Waals surface area contributed by atoms with Crippen molar-refractivity contribution in [2.75, 3.05) is 17.7 Å². The van der Waals surface area contributed by atoms with Gasteiger partial charge < -0.3 is 10.6 Å². The molecule has 0 atom stereocenters. The van der Waals surface area contributed by atoms with Gasteiger partial charge in [-0.15, -0.1) is 11.3 Å². The zero-order chi connectivity index (χ0) is 12.4. The first-order chi connectivity index (χ1) is 8.06. The molecule has 0 saturated carbocycles. The fraction of sp³-hybridized carbons (Fsp3) is 0.273. The maximum Gasteiger partial charge on any atom is 0.221 e. The molecule has 2 rings (SSSR count). The van der Waals surface area contributed by atoms with Crippen LogP contribution in [-0.2, 0) is 6.54 Å². The van der Waals surface area contributed by atoms with Gasteiger partial charge in [-0.1, -0.05) is 0 Å². The third-order valence-corrected chi connectivity index (χ3v) is 4.02. The van der Waals surface area contributed by atoms with Crippen molar-refractivity contribution in [2.24, 2.45) is 0 Å². The molecule has 2 aromatic rings. The highest BCUT2D eigenvalue weighted by Crippen LogP contribution is 2.23. The zero-order valence-electron chi connectivity index (χ0n) is 9.64. The third-order valence-electron chi connectivity index (χ3n) is 2.34. The molecule has 90 valence electrons. The summed E-state index contributed by atoms with van der Waals surface area (Å²) in [5.74, 6) is 1.19. The van der Waals surface area contributed by atoms with Crippen LogP contribution in [0.25, 0.3) is 0 Å². The van der Waals surface area contributed by atoms with Crippen LogP contribution in [0.3, 0.4) is 0 Å². The van der Waals surface area contributed by atoms with Gasteiger partial charge in [-0.3, -0.25) is 0 Å². The molecule has 0 aliphatic heterocycles. The molecule has 0 aliphatic carbocycles. The van der Waals surface area contributed by atoms with Gasteiger partial charge in [-0.25, -0.2) is 4.98 Å². The molecule has 2 aromatic heterocycles. The minimum absolute atomic E-state index is 0.310. The van der Waals surface area contributed by atoms with Gasteiger partial charge in [0.2, 0.25) is 5.95 Å². The fourth-order valence-corrected chi connectivity index (χ4v) is 3.08. The van der Waals surface area contributed by atoms with Crippen molar-refractivity contribution in [3.63, 3.8) is 0 Å². The van der Waals surface area contributed by atoms with Gasteiger partial charge in [0, 0.05) is 33.5 Å². The summed E-state index contributed by atoms with van der Waals surface area (Å²) in [7, 11) is 2.00. The summed E-state index contributed by atoms with van der Waals surface area (Å²) in [4.78, 5) is 11.6. The van der Waals surface area contributed by atoms with Crippen LogP contribution in [0.5, 0.6) is 0 Å². The van der Waals surface area contributed by atoms with Crippen molar-refractivity contribution in [3.05, 3.63) is 32.6 Å². The Morgan fingerprint density at radius 1 is 1.53 bits per heavy atom. The number of aromatic nitrogens is 2. The molecule has 0 spiro atoms. The van der Waals surface area contributed by atoms with Gasteiger partial charge in [0.05, 0.1) is 6.54 Å². The molecule has 0 radical (unpaired) electrons. The molecule has 0 unspecified atom stereocenters. The first-order valence-corrected chi connectivity index (χ1v) is 6.76. The van der Waals surface area contributed by atoms with Crippen LogP contribution in [0.2, 0.25) is 0 Å². The number of hydrogen-bond donors (Lipinski definition) is 1. The van der Waals surface area contributed by atoms with Crippen molar-refractivity contribution in [1.82, 2.24) is 9.97 Å². The van der Waals surface area contributed by atoms with E-state index in [9.17, 15) is 0 Å². The van der Waals surface area contributed by atoms with Crippen LogP contribution in [0.1, 0.15) is 10.4 Å². The standard InChI is InChI=1S/C11H13BrN4S/c1-7-4-14-11(13)15-10(7)16(2)5-9-3-8(12)6-17-9/h3-4,6H,5H2,1-2H3,(H2,13,14,15). The number of nitrogen functional groups attached to an aromatic ring is 1. The maximum atomic E-state index is 5.61.